The second-order valence-corrected chi connectivity index (χ2v) is 6.53. The van der Waals surface area contributed by atoms with Gasteiger partial charge in [0.05, 0.1) is 12.5 Å². The van der Waals surface area contributed by atoms with Gasteiger partial charge in [-0.3, -0.25) is 9.69 Å². The Balaban J connectivity index is 1.77. The van der Waals surface area contributed by atoms with Crippen molar-refractivity contribution in [2.24, 2.45) is 5.92 Å². The Morgan fingerprint density at radius 1 is 1.16 bits per heavy atom. The summed E-state index contributed by atoms with van der Waals surface area (Å²) in [6.07, 6.45) is 5.42. The van der Waals surface area contributed by atoms with Crippen LogP contribution in [0.3, 0.4) is 0 Å². The van der Waals surface area contributed by atoms with Gasteiger partial charge in [0.25, 0.3) is 0 Å². The van der Waals surface area contributed by atoms with Gasteiger partial charge in [0.15, 0.2) is 0 Å². The Hall–Kier alpha value is -0.870. The third-order valence-electron chi connectivity index (χ3n) is 5.36. The van der Waals surface area contributed by atoms with Gasteiger partial charge in [-0.15, -0.1) is 0 Å². The summed E-state index contributed by atoms with van der Waals surface area (Å²) in [6.45, 7) is 3.33. The Labute approximate surface area is 114 Å². The molecule has 1 N–H and O–H groups in total. The molecule has 4 rings (SSSR count). The average molecular weight is 262 g/mol. The van der Waals surface area contributed by atoms with Gasteiger partial charge in [-0.25, -0.2) is 0 Å². The van der Waals surface area contributed by atoms with E-state index in [1.165, 1.54) is 43.6 Å². The van der Waals surface area contributed by atoms with Crippen LogP contribution in [0.1, 0.15) is 38.5 Å². The number of amides is 1. The highest BCUT2D eigenvalue weighted by atomic mass is 16.3. The molecule has 4 nitrogen and oxygen atoms in total. The number of carbonyl (C=O) groups is 1. The number of rotatable bonds is 0. The predicted octanol–water partition coefficient (Wildman–Crippen LogP) is 1.11. The standard InChI is InChI=1S/C15H22N2O2/c18-11-7-13-12-4-2-6-16-5-1-3-10(15(12)16)9-17(13)14(19)8-11/h10-11,15,18H,1-9H2/t10-,11+,15-/m0/s1. The highest BCUT2D eigenvalue weighted by molar-refractivity contribution is 5.80. The molecule has 3 saturated heterocycles. The zero-order valence-electron chi connectivity index (χ0n) is 11.3. The van der Waals surface area contributed by atoms with Gasteiger partial charge in [0, 0.05) is 24.7 Å². The molecule has 3 fully saturated rings. The lowest BCUT2D eigenvalue weighted by Crippen LogP contribution is -2.58. The second kappa shape index (κ2) is 4.32. The second-order valence-electron chi connectivity index (χ2n) is 6.53. The lowest BCUT2D eigenvalue weighted by atomic mass is 9.75. The number of aliphatic hydroxyl groups is 1. The largest absolute Gasteiger partial charge is 0.392 e. The quantitative estimate of drug-likeness (QED) is 0.711. The molecule has 0 aromatic carbocycles. The lowest BCUT2D eigenvalue weighted by molar-refractivity contribution is -0.136. The topological polar surface area (TPSA) is 43.8 Å². The highest BCUT2D eigenvalue weighted by Crippen LogP contribution is 2.43. The molecule has 104 valence electrons. The predicted molar refractivity (Wildman–Crippen MR) is 71.3 cm³/mol. The number of carbonyl (C=O) groups excluding carboxylic acids is 1. The van der Waals surface area contributed by atoms with E-state index in [-0.39, 0.29) is 5.91 Å². The number of hydrogen-bond acceptors (Lipinski definition) is 3. The molecule has 3 atom stereocenters. The van der Waals surface area contributed by atoms with Crippen LogP contribution >= 0.6 is 0 Å². The molecule has 4 aliphatic rings. The molecule has 0 aromatic heterocycles. The van der Waals surface area contributed by atoms with E-state index in [1.54, 1.807) is 0 Å². The van der Waals surface area contributed by atoms with E-state index in [4.69, 9.17) is 0 Å². The van der Waals surface area contributed by atoms with Crippen molar-refractivity contribution >= 4 is 5.91 Å². The van der Waals surface area contributed by atoms with Crippen LogP contribution in [0.25, 0.3) is 0 Å². The van der Waals surface area contributed by atoms with Crippen LogP contribution in [0.2, 0.25) is 0 Å². The van der Waals surface area contributed by atoms with E-state index < -0.39 is 6.10 Å². The monoisotopic (exact) mass is 262 g/mol. The SMILES string of the molecule is O=C1C[C@H](O)CC2=C3CCCN4CCC[C@@H](CN12)[C@@H]34. The minimum atomic E-state index is -0.457. The van der Waals surface area contributed by atoms with Gasteiger partial charge in [-0.1, -0.05) is 0 Å². The van der Waals surface area contributed by atoms with Crippen molar-refractivity contribution in [1.82, 2.24) is 9.80 Å². The van der Waals surface area contributed by atoms with Crippen molar-refractivity contribution in [2.75, 3.05) is 19.6 Å². The number of hydrogen-bond donors (Lipinski definition) is 1. The molecule has 0 aromatic rings. The number of nitrogens with zero attached hydrogens (tertiary/aromatic N) is 2. The fourth-order valence-electron chi connectivity index (χ4n) is 4.65. The first-order valence-electron chi connectivity index (χ1n) is 7.68. The zero-order valence-corrected chi connectivity index (χ0v) is 11.3. The van der Waals surface area contributed by atoms with E-state index in [9.17, 15) is 9.90 Å². The van der Waals surface area contributed by atoms with E-state index in [1.807, 2.05) is 4.90 Å². The van der Waals surface area contributed by atoms with Gasteiger partial charge >= 0.3 is 0 Å². The van der Waals surface area contributed by atoms with Crippen LogP contribution in [0.5, 0.6) is 0 Å². The summed E-state index contributed by atoms with van der Waals surface area (Å²) in [5.41, 5.74) is 2.66. The first-order chi connectivity index (χ1) is 9.24. The molecule has 0 saturated carbocycles. The summed E-state index contributed by atoms with van der Waals surface area (Å²) >= 11 is 0. The van der Waals surface area contributed by atoms with Crippen molar-refractivity contribution in [3.63, 3.8) is 0 Å². The summed E-state index contributed by atoms with van der Waals surface area (Å²) in [4.78, 5) is 16.8. The Morgan fingerprint density at radius 3 is 2.89 bits per heavy atom. The first kappa shape index (κ1) is 11.9. The normalized spacial score (nSPS) is 39.1. The molecule has 4 heteroatoms. The molecule has 0 bridgehead atoms. The summed E-state index contributed by atoms with van der Waals surface area (Å²) in [6, 6.07) is 0.576. The van der Waals surface area contributed by atoms with Crippen LogP contribution < -0.4 is 0 Å². The third-order valence-corrected chi connectivity index (χ3v) is 5.36. The summed E-state index contributed by atoms with van der Waals surface area (Å²) < 4.78 is 0. The van der Waals surface area contributed by atoms with Crippen LogP contribution in [-0.2, 0) is 4.79 Å². The Kier molecular flexibility index (Phi) is 2.71. The molecular formula is C15H22N2O2. The number of aliphatic hydroxyl groups excluding tert-OH is 1. The molecule has 0 aliphatic carbocycles. The van der Waals surface area contributed by atoms with E-state index in [2.05, 4.69) is 4.90 Å². The minimum absolute atomic E-state index is 0.141. The van der Waals surface area contributed by atoms with Gasteiger partial charge in [-0.05, 0) is 50.3 Å². The van der Waals surface area contributed by atoms with Crippen LogP contribution in [0, 0.1) is 5.92 Å². The van der Waals surface area contributed by atoms with Gasteiger partial charge in [-0.2, -0.15) is 0 Å². The Morgan fingerprint density at radius 2 is 2.00 bits per heavy atom. The van der Waals surface area contributed by atoms with Gasteiger partial charge in [0.1, 0.15) is 0 Å². The molecule has 4 heterocycles. The Bertz CT molecular complexity index is 443. The molecule has 0 unspecified atom stereocenters. The van der Waals surface area contributed by atoms with Crippen molar-refractivity contribution in [3.8, 4) is 0 Å². The maximum Gasteiger partial charge on any atom is 0.229 e. The van der Waals surface area contributed by atoms with Crippen LogP contribution in [0.15, 0.2) is 11.3 Å². The van der Waals surface area contributed by atoms with Crippen molar-refractivity contribution < 1.29 is 9.90 Å². The minimum Gasteiger partial charge on any atom is -0.392 e. The third kappa shape index (κ3) is 1.77. The van der Waals surface area contributed by atoms with Crippen molar-refractivity contribution in [2.45, 2.75) is 50.7 Å². The van der Waals surface area contributed by atoms with E-state index in [0.717, 1.165) is 13.0 Å². The van der Waals surface area contributed by atoms with Crippen molar-refractivity contribution in [1.29, 1.82) is 0 Å². The van der Waals surface area contributed by atoms with E-state index >= 15 is 0 Å². The number of piperidine rings is 3. The fourth-order valence-corrected chi connectivity index (χ4v) is 4.65. The summed E-state index contributed by atoms with van der Waals surface area (Å²) in [5, 5.41) is 9.92. The average Bonchev–Trinajstić information content (AvgIpc) is 2.41. The van der Waals surface area contributed by atoms with Crippen molar-refractivity contribution in [3.05, 3.63) is 11.3 Å². The molecular weight excluding hydrogens is 240 g/mol. The molecule has 0 spiro atoms. The maximum atomic E-state index is 12.2. The zero-order chi connectivity index (χ0) is 13.0. The summed E-state index contributed by atoms with van der Waals surface area (Å²) in [5.74, 6) is 0.773. The van der Waals surface area contributed by atoms with Gasteiger partial charge < -0.3 is 10.0 Å². The van der Waals surface area contributed by atoms with Crippen LogP contribution in [-0.4, -0.2) is 52.6 Å². The number of fused-ring (bicyclic) bond motifs is 1. The highest BCUT2D eigenvalue weighted by Gasteiger charge is 2.45. The summed E-state index contributed by atoms with van der Waals surface area (Å²) in [7, 11) is 0. The lowest BCUT2D eigenvalue weighted by Gasteiger charge is -2.53. The smallest absolute Gasteiger partial charge is 0.229 e. The van der Waals surface area contributed by atoms with Crippen LogP contribution in [0.4, 0.5) is 0 Å². The molecule has 4 aliphatic heterocycles. The van der Waals surface area contributed by atoms with Gasteiger partial charge in [0.2, 0.25) is 5.91 Å². The molecule has 19 heavy (non-hydrogen) atoms. The fraction of sp³-hybridized carbons (Fsp3) is 0.800. The first-order valence-corrected chi connectivity index (χ1v) is 7.68. The maximum absolute atomic E-state index is 12.2. The molecule has 1 amide bonds. The van der Waals surface area contributed by atoms with E-state index in [0.29, 0.717) is 24.8 Å². The molecule has 0 radical (unpaired) electrons.